The van der Waals surface area contributed by atoms with Gasteiger partial charge in [-0.1, -0.05) is 31.9 Å². The van der Waals surface area contributed by atoms with Crippen molar-refractivity contribution in [3.05, 3.63) is 35.4 Å². The first-order valence-electron chi connectivity index (χ1n) is 7.41. The van der Waals surface area contributed by atoms with Crippen molar-refractivity contribution >= 4 is 0 Å². The van der Waals surface area contributed by atoms with E-state index in [1.165, 1.54) is 25.0 Å². The summed E-state index contributed by atoms with van der Waals surface area (Å²) in [6.07, 6.45) is 1.40. The Hall–Kier alpha value is -1.03. The van der Waals surface area contributed by atoms with Gasteiger partial charge in [-0.2, -0.15) is 13.2 Å². The third kappa shape index (κ3) is 3.98. The molecule has 1 N–H and O–H groups in total. The smallest absolute Gasteiger partial charge is 0.314 e. The molecule has 0 bridgehead atoms. The number of halogens is 3. The van der Waals surface area contributed by atoms with Crippen LogP contribution in [0.1, 0.15) is 56.1 Å². The van der Waals surface area contributed by atoms with Crippen molar-refractivity contribution in [1.29, 1.82) is 0 Å². The summed E-state index contributed by atoms with van der Waals surface area (Å²) in [7, 11) is 0. The topological polar surface area (TPSA) is 12.0 Å². The average molecular weight is 285 g/mol. The van der Waals surface area contributed by atoms with Gasteiger partial charge in [0.1, 0.15) is 0 Å². The highest BCUT2D eigenvalue weighted by Gasteiger charge is 2.30. The number of nitrogens with one attached hydrogen (secondary N) is 1. The molecule has 0 amide bonds. The summed E-state index contributed by atoms with van der Waals surface area (Å²) >= 11 is 0. The second-order valence-corrected chi connectivity index (χ2v) is 5.59. The molecule has 0 aliphatic heterocycles. The molecule has 1 aromatic rings. The van der Waals surface area contributed by atoms with Crippen LogP contribution in [-0.2, 0) is 6.18 Å². The van der Waals surface area contributed by atoms with Gasteiger partial charge in [-0.3, -0.25) is 0 Å². The van der Waals surface area contributed by atoms with Crippen molar-refractivity contribution in [2.45, 2.75) is 57.2 Å². The maximum atomic E-state index is 12.6. The maximum Gasteiger partial charge on any atom is 0.416 e. The Morgan fingerprint density at radius 3 is 2.35 bits per heavy atom. The van der Waals surface area contributed by atoms with Gasteiger partial charge in [-0.15, -0.1) is 0 Å². The Labute approximate surface area is 118 Å². The quantitative estimate of drug-likeness (QED) is 0.792. The van der Waals surface area contributed by atoms with Crippen LogP contribution in [0.25, 0.3) is 0 Å². The normalized spacial score (nSPS) is 24.4. The first-order chi connectivity index (χ1) is 9.50. The minimum atomic E-state index is -4.24. The van der Waals surface area contributed by atoms with Crippen LogP contribution in [0.2, 0.25) is 0 Å². The number of benzene rings is 1. The number of rotatable bonds is 3. The molecular formula is C16H22F3N. The summed E-state index contributed by atoms with van der Waals surface area (Å²) in [6.45, 7) is 3.04. The lowest BCUT2D eigenvalue weighted by Crippen LogP contribution is -2.29. The van der Waals surface area contributed by atoms with Gasteiger partial charge in [0, 0.05) is 6.04 Å². The highest BCUT2D eigenvalue weighted by molar-refractivity contribution is 5.27. The van der Waals surface area contributed by atoms with Crippen molar-refractivity contribution < 1.29 is 13.2 Å². The van der Waals surface area contributed by atoms with Gasteiger partial charge in [0.05, 0.1) is 5.56 Å². The third-order valence-electron chi connectivity index (χ3n) is 4.13. The van der Waals surface area contributed by atoms with Gasteiger partial charge in [0.2, 0.25) is 0 Å². The van der Waals surface area contributed by atoms with E-state index in [9.17, 15) is 13.2 Å². The Morgan fingerprint density at radius 2 is 1.75 bits per heavy atom. The van der Waals surface area contributed by atoms with Crippen molar-refractivity contribution in [1.82, 2.24) is 5.32 Å². The maximum absolute atomic E-state index is 12.6. The summed E-state index contributed by atoms with van der Waals surface area (Å²) in [5, 5.41) is 3.48. The second kappa shape index (κ2) is 6.61. The van der Waals surface area contributed by atoms with Gasteiger partial charge in [0.15, 0.2) is 0 Å². The van der Waals surface area contributed by atoms with E-state index in [4.69, 9.17) is 0 Å². The predicted octanol–water partition coefficient (Wildman–Crippen LogP) is 4.73. The van der Waals surface area contributed by atoms with E-state index >= 15 is 0 Å². The largest absolute Gasteiger partial charge is 0.416 e. The number of hydrogen-bond donors (Lipinski definition) is 1. The molecule has 112 valence electrons. The molecule has 1 nitrogen and oxygen atoms in total. The Bertz CT molecular complexity index is 411. The molecule has 1 saturated carbocycles. The summed E-state index contributed by atoms with van der Waals surface area (Å²) in [6, 6.07) is 6.23. The highest BCUT2D eigenvalue weighted by atomic mass is 19.4. The predicted molar refractivity (Wildman–Crippen MR) is 74.7 cm³/mol. The van der Waals surface area contributed by atoms with Gasteiger partial charge < -0.3 is 5.32 Å². The van der Waals surface area contributed by atoms with Crippen LogP contribution >= 0.6 is 0 Å². The first-order valence-corrected chi connectivity index (χ1v) is 7.41. The molecule has 20 heavy (non-hydrogen) atoms. The van der Waals surface area contributed by atoms with E-state index in [-0.39, 0.29) is 0 Å². The molecule has 2 unspecified atom stereocenters. The molecule has 1 aliphatic rings. The van der Waals surface area contributed by atoms with Crippen LogP contribution in [0.4, 0.5) is 13.2 Å². The van der Waals surface area contributed by atoms with Crippen LogP contribution in [0.5, 0.6) is 0 Å². The van der Waals surface area contributed by atoms with Crippen molar-refractivity contribution in [3.63, 3.8) is 0 Å². The monoisotopic (exact) mass is 285 g/mol. The number of hydrogen-bond acceptors (Lipinski definition) is 1. The minimum Gasteiger partial charge on any atom is -0.314 e. The lowest BCUT2D eigenvalue weighted by molar-refractivity contribution is -0.137. The third-order valence-corrected chi connectivity index (χ3v) is 4.13. The van der Waals surface area contributed by atoms with Crippen molar-refractivity contribution in [3.8, 4) is 0 Å². The van der Waals surface area contributed by atoms with Crippen molar-refractivity contribution in [2.75, 3.05) is 6.54 Å². The zero-order chi connectivity index (χ0) is 14.6. The standard InChI is InChI=1S/C16H22F3N/c1-2-20-15-6-4-3-5-13(11-15)12-7-9-14(10-8-12)16(17,18)19/h7-10,13,15,20H,2-6,11H2,1H3. The van der Waals surface area contributed by atoms with Gasteiger partial charge >= 0.3 is 6.18 Å². The molecular weight excluding hydrogens is 263 g/mol. The molecule has 1 aliphatic carbocycles. The SMILES string of the molecule is CCNC1CCCCC(c2ccc(C(F)(F)F)cc2)C1. The minimum absolute atomic E-state index is 0.379. The van der Waals surface area contributed by atoms with Crippen LogP contribution in [0, 0.1) is 0 Å². The lowest BCUT2D eigenvalue weighted by atomic mass is 9.90. The Morgan fingerprint density at radius 1 is 1.10 bits per heavy atom. The van der Waals surface area contributed by atoms with Crippen LogP contribution in [0.3, 0.4) is 0 Å². The second-order valence-electron chi connectivity index (χ2n) is 5.59. The van der Waals surface area contributed by atoms with E-state index < -0.39 is 11.7 Å². The lowest BCUT2D eigenvalue weighted by Gasteiger charge is -2.21. The summed E-state index contributed by atoms with van der Waals surface area (Å²) in [5.74, 6) is 0.379. The van der Waals surface area contributed by atoms with E-state index in [1.54, 1.807) is 12.1 Å². The van der Waals surface area contributed by atoms with E-state index in [1.807, 2.05) is 0 Å². The molecule has 4 heteroatoms. The molecule has 0 spiro atoms. The molecule has 0 aromatic heterocycles. The Kier molecular flexibility index (Phi) is 5.08. The van der Waals surface area contributed by atoms with E-state index in [0.717, 1.165) is 31.4 Å². The fourth-order valence-corrected chi connectivity index (χ4v) is 3.08. The molecule has 0 saturated heterocycles. The molecule has 1 fully saturated rings. The molecule has 0 heterocycles. The Balaban J connectivity index is 2.09. The van der Waals surface area contributed by atoms with Gasteiger partial charge in [-0.05, 0) is 49.4 Å². The van der Waals surface area contributed by atoms with Crippen molar-refractivity contribution in [2.24, 2.45) is 0 Å². The summed E-state index contributed by atoms with van der Waals surface area (Å²) in [4.78, 5) is 0. The van der Waals surface area contributed by atoms with Gasteiger partial charge in [0.25, 0.3) is 0 Å². The fourth-order valence-electron chi connectivity index (χ4n) is 3.08. The van der Waals surface area contributed by atoms with Crippen LogP contribution in [0.15, 0.2) is 24.3 Å². The molecule has 2 rings (SSSR count). The summed E-state index contributed by atoms with van der Waals surface area (Å²) < 4.78 is 37.7. The van der Waals surface area contributed by atoms with Crippen LogP contribution < -0.4 is 5.32 Å². The highest BCUT2D eigenvalue weighted by Crippen LogP contribution is 2.34. The summed E-state index contributed by atoms with van der Waals surface area (Å²) in [5.41, 5.74) is 0.487. The zero-order valence-electron chi connectivity index (χ0n) is 11.8. The zero-order valence-corrected chi connectivity index (χ0v) is 11.8. The average Bonchev–Trinajstić information content (AvgIpc) is 2.64. The van der Waals surface area contributed by atoms with E-state index in [2.05, 4.69) is 12.2 Å². The van der Waals surface area contributed by atoms with Crippen LogP contribution in [-0.4, -0.2) is 12.6 Å². The molecule has 2 atom stereocenters. The van der Waals surface area contributed by atoms with Gasteiger partial charge in [-0.25, -0.2) is 0 Å². The fraction of sp³-hybridized carbons (Fsp3) is 0.625. The molecule has 0 radical (unpaired) electrons. The van der Waals surface area contributed by atoms with E-state index in [0.29, 0.717) is 12.0 Å². The molecule has 1 aromatic carbocycles. The first kappa shape index (κ1) is 15.4. The number of alkyl halides is 3.